The highest BCUT2D eigenvalue weighted by Crippen LogP contribution is 2.31. The molecule has 0 spiro atoms. The minimum Gasteiger partial charge on any atom is -0.507 e. The molecule has 4 nitrogen and oxygen atoms in total. The van der Waals surface area contributed by atoms with Gasteiger partial charge in [-0.05, 0) is 11.6 Å². The molecule has 74 valence electrons. The van der Waals surface area contributed by atoms with E-state index < -0.39 is 11.8 Å². The second kappa shape index (κ2) is 2.72. The van der Waals surface area contributed by atoms with Crippen molar-refractivity contribution in [3.63, 3.8) is 0 Å². The molecule has 1 aliphatic heterocycles. The number of aliphatic hydroxyl groups is 1. The quantitative estimate of drug-likeness (QED) is 0.600. The molecule has 1 heterocycles. The molecule has 0 bridgehead atoms. The number of ether oxygens (including phenoxy) is 1. The van der Waals surface area contributed by atoms with E-state index in [1.165, 1.54) is 13.0 Å². The molecule has 0 saturated carbocycles. The lowest BCUT2D eigenvalue weighted by Gasteiger charge is -2.29. The maximum atomic E-state index is 11.4. The van der Waals surface area contributed by atoms with Crippen LogP contribution in [0.1, 0.15) is 22.8 Å². The number of hydrogen-bond acceptors (Lipinski definition) is 4. The average molecular weight is 194 g/mol. The Labute approximate surface area is 80.7 Å². The lowest BCUT2D eigenvalue weighted by molar-refractivity contribution is -0.154. The van der Waals surface area contributed by atoms with Crippen LogP contribution in [0, 0.1) is 0 Å². The number of carbonyl (C=O) groups excluding carboxylic acids is 1. The highest BCUT2D eigenvalue weighted by molar-refractivity contribution is 5.95. The van der Waals surface area contributed by atoms with Crippen LogP contribution in [0.25, 0.3) is 0 Å². The number of phenolic OH excluding ortho intramolecular Hbond substituents is 1. The largest absolute Gasteiger partial charge is 0.507 e. The van der Waals surface area contributed by atoms with Crippen molar-refractivity contribution in [1.29, 1.82) is 0 Å². The Hall–Kier alpha value is -1.55. The van der Waals surface area contributed by atoms with Gasteiger partial charge >= 0.3 is 5.97 Å². The van der Waals surface area contributed by atoms with Crippen LogP contribution in [0.2, 0.25) is 0 Å². The Morgan fingerprint density at radius 1 is 1.50 bits per heavy atom. The third-order valence-corrected chi connectivity index (χ3v) is 2.16. The Morgan fingerprint density at radius 3 is 2.93 bits per heavy atom. The lowest BCUT2D eigenvalue weighted by atomic mass is 9.97. The molecule has 0 amide bonds. The van der Waals surface area contributed by atoms with E-state index in [9.17, 15) is 15.0 Å². The molecule has 1 atom stereocenters. The van der Waals surface area contributed by atoms with Gasteiger partial charge in [-0.15, -0.1) is 0 Å². The molecule has 0 fully saturated rings. The fourth-order valence-electron chi connectivity index (χ4n) is 1.61. The Bertz CT molecular complexity index is 395. The van der Waals surface area contributed by atoms with Crippen molar-refractivity contribution in [2.45, 2.75) is 19.1 Å². The maximum Gasteiger partial charge on any atom is 0.344 e. The molecule has 1 aromatic rings. The van der Waals surface area contributed by atoms with Crippen molar-refractivity contribution in [3.8, 4) is 5.75 Å². The third-order valence-electron chi connectivity index (χ3n) is 2.16. The van der Waals surface area contributed by atoms with E-state index in [1.807, 2.05) is 0 Å². The minimum atomic E-state index is -1.47. The monoisotopic (exact) mass is 194 g/mol. The normalized spacial score (nSPS) is 25.4. The molecule has 14 heavy (non-hydrogen) atoms. The fraction of sp³-hybridized carbons (Fsp3) is 0.300. The van der Waals surface area contributed by atoms with Crippen molar-refractivity contribution < 1.29 is 19.7 Å². The number of esters is 1. The van der Waals surface area contributed by atoms with Crippen LogP contribution in [-0.2, 0) is 11.2 Å². The number of carbonyl (C=O) groups is 1. The summed E-state index contributed by atoms with van der Waals surface area (Å²) in [5.74, 6) is -2.27. The summed E-state index contributed by atoms with van der Waals surface area (Å²) < 4.78 is 4.74. The molecule has 0 radical (unpaired) electrons. The molecule has 4 heteroatoms. The van der Waals surface area contributed by atoms with Crippen LogP contribution in [0.3, 0.4) is 0 Å². The first-order chi connectivity index (χ1) is 6.49. The SMILES string of the molecule is C[C@@]1(O)Cc2cccc(O)c2C(=O)O1. The molecule has 0 saturated heterocycles. The second-order valence-electron chi connectivity index (χ2n) is 3.55. The minimum absolute atomic E-state index is 0.108. The van der Waals surface area contributed by atoms with Gasteiger partial charge in [0.05, 0.1) is 0 Å². The van der Waals surface area contributed by atoms with Gasteiger partial charge < -0.3 is 14.9 Å². The molecular weight excluding hydrogens is 184 g/mol. The summed E-state index contributed by atoms with van der Waals surface area (Å²) >= 11 is 0. The summed E-state index contributed by atoms with van der Waals surface area (Å²) in [4.78, 5) is 11.4. The van der Waals surface area contributed by atoms with Crippen LogP contribution in [0.4, 0.5) is 0 Å². The molecule has 2 N–H and O–H groups in total. The number of fused-ring (bicyclic) bond motifs is 1. The Morgan fingerprint density at radius 2 is 2.21 bits per heavy atom. The highest BCUT2D eigenvalue weighted by atomic mass is 16.7. The van der Waals surface area contributed by atoms with Gasteiger partial charge in [-0.3, -0.25) is 0 Å². The molecule has 2 rings (SSSR count). The van der Waals surface area contributed by atoms with Gasteiger partial charge in [0.1, 0.15) is 11.3 Å². The van der Waals surface area contributed by atoms with Crippen LogP contribution in [0.5, 0.6) is 5.75 Å². The van der Waals surface area contributed by atoms with E-state index in [0.717, 1.165) is 0 Å². The summed E-state index contributed by atoms with van der Waals surface area (Å²) in [5, 5.41) is 19.0. The van der Waals surface area contributed by atoms with Gasteiger partial charge in [0.2, 0.25) is 5.79 Å². The van der Waals surface area contributed by atoms with E-state index in [2.05, 4.69) is 0 Å². The van der Waals surface area contributed by atoms with Gasteiger partial charge in [0.25, 0.3) is 0 Å². The lowest BCUT2D eigenvalue weighted by Crippen LogP contribution is -2.38. The van der Waals surface area contributed by atoms with E-state index in [0.29, 0.717) is 5.56 Å². The second-order valence-corrected chi connectivity index (χ2v) is 3.55. The fourth-order valence-corrected chi connectivity index (χ4v) is 1.61. The highest BCUT2D eigenvalue weighted by Gasteiger charge is 2.35. The number of cyclic esters (lactones) is 1. The first-order valence-electron chi connectivity index (χ1n) is 4.26. The van der Waals surface area contributed by atoms with E-state index in [-0.39, 0.29) is 17.7 Å². The number of benzene rings is 1. The smallest absolute Gasteiger partial charge is 0.344 e. The Kier molecular flexibility index (Phi) is 1.75. The zero-order valence-electron chi connectivity index (χ0n) is 7.65. The van der Waals surface area contributed by atoms with Crippen LogP contribution in [0.15, 0.2) is 18.2 Å². The molecule has 1 aliphatic rings. The summed E-state index contributed by atoms with van der Waals surface area (Å²) in [7, 11) is 0. The zero-order chi connectivity index (χ0) is 10.3. The zero-order valence-corrected chi connectivity index (χ0v) is 7.65. The molecule has 0 aliphatic carbocycles. The first kappa shape index (κ1) is 9.02. The Balaban J connectivity index is 2.56. The predicted octanol–water partition coefficient (Wildman–Crippen LogP) is 0.814. The molecule has 0 aromatic heterocycles. The van der Waals surface area contributed by atoms with Crippen molar-refractivity contribution in [3.05, 3.63) is 29.3 Å². The number of rotatable bonds is 0. The summed E-state index contributed by atoms with van der Waals surface area (Å²) in [5.41, 5.74) is 0.755. The number of aromatic hydroxyl groups is 1. The van der Waals surface area contributed by atoms with Crippen molar-refractivity contribution in [2.24, 2.45) is 0 Å². The van der Waals surface area contributed by atoms with Crippen molar-refractivity contribution >= 4 is 5.97 Å². The van der Waals surface area contributed by atoms with Gasteiger partial charge in [-0.25, -0.2) is 4.79 Å². The van der Waals surface area contributed by atoms with Crippen LogP contribution < -0.4 is 0 Å². The topological polar surface area (TPSA) is 66.8 Å². The molecular formula is C10H10O4. The van der Waals surface area contributed by atoms with E-state index in [1.54, 1.807) is 12.1 Å². The third kappa shape index (κ3) is 1.33. The van der Waals surface area contributed by atoms with Crippen molar-refractivity contribution in [2.75, 3.05) is 0 Å². The van der Waals surface area contributed by atoms with E-state index in [4.69, 9.17) is 4.74 Å². The van der Waals surface area contributed by atoms with Crippen molar-refractivity contribution in [1.82, 2.24) is 0 Å². The molecule has 0 unspecified atom stereocenters. The standard InChI is InChI=1S/C10H10O4/c1-10(13)5-6-3-2-4-7(11)8(6)9(12)14-10/h2-4,11,13H,5H2,1H3/t10-/m0/s1. The number of phenols is 1. The summed E-state index contributed by atoms with van der Waals surface area (Å²) in [6.07, 6.45) is 0.197. The molecule has 1 aromatic carbocycles. The van der Waals surface area contributed by atoms with Gasteiger partial charge in [0, 0.05) is 13.3 Å². The van der Waals surface area contributed by atoms with Gasteiger partial charge in [-0.1, -0.05) is 12.1 Å². The van der Waals surface area contributed by atoms with Gasteiger partial charge in [-0.2, -0.15) is 0 Å². The number of hydrogen-bond donors (Lipinski definition) is 2. The maximum absolute atomic E-state index is 11.4. The van der Waals surface area contributed by atoms with Crippen LogP contribution in [-0.4, -0.2) is 22.0 Å². The first-order valence-corrected chi connectivity index (χ1v) is 4.26. The summed E-state index contributed by atoms with van der Waals surface area (Å²) in [6.45, 7) is 1.41. The van der Waals surface area contributed by atoms with Crippen LogP contribution >= 0.6 is 0 Å². The van der Waals surface area contributed by atoms with Gasteiger partial charge in [0.15, 0.2) is 0 Å². The summed E-state index contributed by atoms with van der Waals surface area (Å²) in [6, 6.07) is 4.73. The average Bonchev–Trinajstić information content (AvgIpc) is 2.00. The predicted molar refractivity (Wildman–Crippen MR) is 47.9 cm³/mol. The van der Waals surface area contributed by atoms with E-state index >= 15 is 0 Å².